The summed E-state index contributed by atoms with van der Waals surface area (Å²) < 4.78 is 5.54. The number of likely N-dealkylation sites (tertiary alicyclic amines) is 1. The summed E-state index contributed by atoms with van der Waals surface area (Å²) in [5.41, 5.74) is -0.532. The van der Waals surface area contributed by atoms with E-state index in [-0.39, 0.29) is 24.0 Å². The molecule has 1 rings (SSSR count). The fourth-order valence-corrected chi connectivity index (χ4v) is 3.14. The van der Waals surface area contributed by atoms with Crippen molar-refractivity contribution in [3.05, 3.63) is 0 Å². The van der Waals surface area contributed by atoms with Gasteiger partial charge in [0.05, 0.1) is 6.04 Å². The lowest BCUT2D eigenvalue weighted by Gasteiger charge is -2.39. The Labute approximate surface area is 163 Å². The van der Waals surface area contributed by atoms with Crippen molar-refractivity contribution in [3.63, 3.8) is 0 Å². The first-order valence-electron chi connectivity index (χ1n) is 9.70. The minimum absolute atomic E-state index is 0.0317. The molecule has 0 aromatic carbocycles. The van der Waals surface area contributed by atoms with Gasteiger partial charge in [0, 0.05) is 26.2 Å². The van der Waals surface area contributed by atoms with Crippen molar-refractivity contribution >= 4 is 18.0 Å². The zero-order chi connectivity index (χ0) is 20.8. The quantitative estimate of drug-likeness (QED) is 0.758. The van der Waals surface area contributed by atoms with Crippen molar-refractivity contribution in [1.82, 2.24) is 20.4 Å². The van der Waals surface area contributed by atoms with Crippen LogP contribution in [0.15, 0.2) is 0 Å². The predicted octanol–water partition coefficient (Wildman–Crippen LogP) is 2.19. The molecule has 8 heteroatoms. The molecule has 2 atom stereocenters. The van der Waals surface area contributed by atoms with Crippen LogP contribution in [0.2, 0.25) is 0 Å². The van der Waals surface area contributed by atoms with Gasteiger partial charge in [0.25, 0.3) is 0 Å². The Morgan fingerprint density at radius 2 is 1.85 bits per heavy atom. The molecular formula is C19H36N4O4. The van der Waals surface area contributed by atoms with Crippen molar-refractivity contribution < 1.29 is 19.1 Å². The highest BCUT2D eigenvalue weighted by molar-refractivity contribution is 5.96. The fraction of sp³-hybridized carbons (Fsp3) is 0.842. The molecule has 0 saturated carbocycles. The summed E-state index contributed by atoms with van der Waals surface area (Å²) in [6.07, 6.45) is 1.63. The lowest BCUT2D eigenvalue weighted by Crippen LogP contribution is -2.53. The van der Waals surface area contributed by atoms with E-state index in [0.717, 1.165) is 19.4 Å². The highest BCUT2D eigenvalue weighted by Crippen LogP contribution is 2.22. The van der Waals surface area contributed by atoms with Gasteiger partial charge in [-0.3, -0.25) is 15.0 Å². The number of imide groups is 1. The summed E-state index contributed by atoms with van der Waals surface area (Å²) in [5.74, 6) is -0.0632. The van der Waals surface area contributed by atoms with E-state index in [0.29, 0.717) is 13.1 Å². The summed E-state index contributed by atoms with van der Waals surface area (Å²) in [7, 11) is 1.47. The maximum atomic E-state index is 12.5. The molecule has 1 fully saturated rings. The standard InChI is InChI=1S/C19H36N4O4/c1-13(2)23(18(26)27-19(4,5)6)12-15-9-8-10-22(11-15)14(3)16(24)21-17(25)20-7/h13-15H,8-12H2,1-7H3,(H2,20,21,24,25)/t14-,15-/m0/s1. The molecule has 1 aliphatic rings. The molecule has 8 nitrogen and oxygen atoms in total. The Morgan fingerprint density at radius 3 is 2.37 bits per heavy atom. The maximum absolute atomic E-state index is 12.5. The maximum Gasteiger partial charge on any atom is 0.410 e. The smallest absolute Gasteiger partial charge is 0.410 e. The second kappa shape index (κ2) is 9.92. The molecule has 1 aliphatic heterocycles. The Hall–Kier alpha value is -1.83. The Balaban J connectivity index is 2.70. The third-order valence-electron chi connectivity index (χ3n) is 4.65. The summed E-state index contributed by atoms with van der Waals surface area (Å²) >= 11 is 0. The zero-order valence-corrected chi connectivity index (χ0v) is 17.8. The minimum Gasteiger partial charge on any atom is -0.444 e. The van der Waals surface area contributed by atoms with E-state index in [1.165, 1.54) is 7.05 Å². The van der Waals surface area contributed by atoms with Gasteiger partial charge in [0.2, 0.25) is 5.91 Å². The Kier molecular flexibility index (Phi) is 8.53. The van der Waals surface area contributed by atoms with Crippen LogP contribution in [0.5, 0.6) is 0 Å². The normalized spacial score (nSPS) is 19.3. The number of nitrogens with one attached hydrogen (secondary N) is 2. The summed E-state index contributed by atoms with van der Waals surface area (Å²) in [5, 5.41) is 4.71. The molecule has 1 heterocycles. The number of carbonyl (C=O) groups excluding carboxylic acids is 3. The molecule has 27 heavy (non-hydrogen) atoms. The van der Waals surface area contributed by atoms with Crippen LogP contribution in [0.3, 0.4) is 0 Å². The van der Waals surface area contributed by atoms with Gasteiger partial charge in [0.15, 0.2) is 0 Å². The Morgan fingerprint density at radius 1 is 1.22 bits per heavy atom. The van der Waals surface area contributed by atoms with Crippen LogP contribution in [-0.2, 0) is 9.53 Å². The number of nitrogens with zero attached hydrogens (tertiary/aromatic N) is 2. The number of hydrogen-bond donors (Lipinski definition) is 2. The summed E-state index contributed by atoms with van der Waals surface area (Å²) in [4.78, 5) is 39.9. The van der Waals surface area contributed by atoms with E-state index in [1.807, 2.05) is 34.6 Å². The van der Waals surface area contributed by atoms with Crippen LogP contribution in [0.1, 0.15) is 54.4 Å². The number of rotatable bonds is 5. The SMILES string of the molecule is CNC(=O)NC(=O)[C@H](C)N1CCC[C@H](CN(C(=O)OC(C)(C)C)C(C)C)C1. The van der Waals surface area contributed by atoms with Gasteiger partial charge in [0.1, 0.15) is 5.60 Å². The number of urea groups is 1. The first-order chi connectivity index (χ1) is 12.4. The van der Waals surface area contributed by atoms with Crippen molar-refractivity contribution in [2.75, 3.05) is 26.7 Å². The highest BCUT2D eigenvalue weighted by atomic mass is 16.6. The van der Waals surface area contributed by atoms with E-state index < -0.39 is 17.7 Å². The van der Waals surface area contributed by atoms with E-state index in [9.17, 15) is 14.4 Å². The molecule has 0 aromatic rings. The number of piperidine rings is 1. The van der Waals surface area contributed by atoms with Crippen LogP contribution in [-0.4, -0.2) is 72.2 Å². The minimum atomic E-state index is -0.532. The topological polar surface area (TPSA) is 91.0 Å². The van der Waals surface area contributed by atoms with Crippen LogP contribution >= 0.6 is 0 Å². The Bertz CT molecular complexity index is 530. The molecule has 0 aliphatic carbocycles. The summed E-state index contributed by atoms with van der Waals surface area (Å²) in [6.45, 7) is 13.4. The summed E-state index contributed by atoms with van der Waals surface area (Å²) in [6, 6.07) is -0.875. The van der Waals surface area contributed by atoms with Crippen molar-refractivity contribution in [3.8, 4) is 0 Å². The van der Waals surface area contributed by atoms with Crippen molar-refractivity contribution in [2.24, 2.45) is 5.92 Å². The average Bonchev–Trinajstić information content (AvgIpc) is 2.57. The van der Waals surface area contributed by atoms with Gasteiger partial charge in [-0.15, -0.1) is 0 Å². The molecule has 2 N–H and O–H groups in total. The fourth-order valence-electron chi connectivity index (χ4n) is 3.14. The lowest BCUT2D eigenvalue weighted by molar-refractivity contribution is -0.125. The molecule has 4 amide bonds. The number of carbonyl (C=O) groups is 3. The van der Waals surface area contributed by atoms with Gasteiger partial charge >= 0.3 is 12.1 Å². The molecular weight excluding hydrogens is 348 g/mol. The van der Waals surface area contributed by atoms with Crippen LogP contribution in [0.25, 0.3) is 0 Å². The first-order valence-corrected chi connectivity index (χ1v) is 9.70. The lowest BCUT2D eigenvalue weighted by atomic mass is 9.95. The van der Waals surface area contributed by atoms with E-state index in [4.69, 9.17) is 4.74 Å². The predicted molar refractivity (Wildman–Crippen MR) is 104 cm³/mol. The monoisotopic (exact) mass is 384 g/mol. The van der Waals surface area contributed by atoms with Gasteiger partial charge < -0.3 is 15.0 Å². The largest absolute Gasteiger partial charge is 0.444 e. The van der Waals surface area contributed by atoms with Gasteiger partial charge in [-0.2, -0.15) is 0 Å². The third kappa shape index (κ3) is 7.74. The van der Waals surface area contributed by atoms with Crippen LogP contribution < -0.4 is 10.6 Å². The van der Waals surface area contributed by atoms with Crippen LogP contribution in [0, 0.1) is 5.92 Å². The number of ether oxygens (including phenoxy) is 1. The van der Waals surface area contributed by atoms with Crippen molar-refractivity contribution in [1.29, 1.82) is 0 Å². The van der Waals surface area contributed by atoms with Crippen LogP contribution in [0.4, 0.5) is 9.59 Å². The van der Waals surface area contributed by atoms with E-state index in [2.05, 4.69) is 15.5 Å². The zero-order valence-electron chi connectivity index (χ0n) is 17.8. The van der Waals surface area contributed by atoms with Gasteiger partial charge in [-0.1, -0.05) is 0 Å². The number of hydrogen-bond acceptors (Lipinski definition) is 5. The average molecular weight is 385 g/mol. The molecule has 0 spiro atoms. The molecule has 1 saturated heterocycles. The third-order valence-corrected chi connectivity index (χ3v) is 4.65. The first kappa shape index (κ1) is 23.2. The second-order valence-corrected chi connectivity index (χ2v) is 8.47. The molecule has 0 bridgehead atoms. The molecule has 0 radical (unpaired) electrons. The van der Waals surface area contributed by atoms with Gasteiger partial charge in [-0.25, -0.2) is 9.59 Å². The van der Waals surface area contributed by atoms with Gasteiger partial charge in [-0.05, 0) is 66.8 Å². The molecule has 0 aromatic heterocycles. The van der Waals surface area contributed by atoms with Crippen molar-refractivity contribution in [2.45, 2.75) is 72.1 Å². The van der Waals surface area contributed by atoms with E-state index >= 15 is 0 Å². The highest BCUT2D eigenvalue weighted by Gasteiger charge is 2.32. The molecule has 0 unspecified atom stereocenters. The number of amides is 4. The second-order valence-electron chi connectivity index (χ2n) is 8.47. The van der Waals surface area contributed by atoms with E-state index in [1.54, 1.807) is 11.8 Å². The molecule has 156 valence electrons.